The summed E-state index contributed by atoms with van der Waals surface area (Å²) in [5.74, 6) is 0.0170. The second-order valence-electron chi connectivity index (χ2n) is 4.48. The molecule has 1 aromatic heterocycles. The third-order valence-electron chi connectivity index (χ3n) is 2.93. The molecule has 0 atom stereocenters. The number of aromatic nitrogens is 2. The second kappa shape index (κ2) is 5.14. The van der Waals surface area contributed by atoms with Crippen molar-refractivity contribution in [1.82, 2.24) is 9.78 Å². The molecule has 0 aromatic carbocycles. The molecule has 4 heteroatoms. The Kier molecular flexibility index (Phi) is 3.59. The van der Waals surface area contributed by atoms with E-state index in [-0.39, 0.29) is 6.42 Å². The average molecular weight is 222 g/mol. The predicted molar refractivity (Wildman–Crippen MR) is 60.3 cm³/mol. The smallest absolute Gasteiger partial charge is 0.303 e. The number of unbranched alkanes of at least 4 members (excludes halogenated alkanes) is 2. The van der Waals surface area contributed by atoms with Crippen LogP contribution in [0.4, 0.5) is 0 Å². The first-order valence-corrected chi connectivity index (χ1v) is 6.01. The Morgan fingerprint density at radius 1 is 1.44 bits per heavy atom. The SMILES string of the molecule is O=C(O)CCCCCn1ccc(C2CC2)n1. The van der Waals surface area contributed by atoms with Crippen molar-refractivity contribution in [2.75, 3.05) is 0 Å². The number of carboxylic acids is 1. The molecule has 0 bridgehead atoms. The molecule has 1 N–H and O–H groups in total. The van der Waals surface area contributed by atoms with Gasteiger partial charge in [-0.25, -0.2) is 0 Å². The third kappa shape index (κ3) is 3.36. The van der Waals surface area contributed by atoms with Gasteiger partial charge in [0.1, 0.15) is 0 Å². The lowest BCUT2D eigenvalue weighted by atomic mass is 10.2. The van der Waals surface area contributed by atoms with Gasteiger partial charge in [0.25, 0.3) is 0 Å². The Morgan fingerprint density at radius 2 is 2.25 bits per heavy atom. The molecule has 0 aliphatic heterocycles. The van der Waals surface area contributed by atoms with Crippen LogP contribution in [0.3, 0.4) is 0 Å². The minimum absolute atomic E-state index is 0.284. The molecule has 1 aliphatic carbocycles. The molecule has 1 aromatic rings. The van der Waals surface area contributed by atoms with Gasteiger partial charge in [-0.1, -0.05) is 6.42 Å². The number of aryl methyl sites for hydroxylation is 1. The second-order valence-corrected chi connectivity index (χ2v) is 4.48. The molecule has 0 saturated heterocycles. The molecule has 1 heterocycles. The molecule has 88 valence electrons. The normalized spacial score (nSPS) is 15.2. The number of nitrogens with zero attached hydrogens (tertiary/aromatic N) is 2. The molecule has 4 nitrogen and oxygen atoms in total. The van der Waals surface area contributed by atoms with E-state index in [0.717, 1.165) is 25.8 Å². The van der Waals surface area contributed by atoms with Gasteiger partial charge in [-0.2, -0.15) is 5.10 Å². The number of hydrogen-bond acceptors (Lipinski definition) is 2. The first-order chi connectivity index (χ1) is 7.75. The van der Waals surface area contributed by atoms with Crippen LogP contribution in [0.15, 0.2) is 12.3 Å². The molecule has 2 rings (SSSR count). The molecule has 0 spiro atoms. The molecule has 0 amide bonds. The highest BCUT2D eigenvalue weighted by Crippen LogP contribution is 2.38. The van der Waals surface area contributed by atoms with Crippen LogP contribution in [0.2, 0.25) is 0 Å². The maximum atomic E-state index is 10.3. The van der Waals surface area contributed by atoms with Crippen LogP contribution in [0.5, 0.6) is 0 Å². The number of rotatable bonds is 7. The monoisotopic (exact) mass is 222 g/mol. The Morgan fingerprint density at radius 3 is 2.94 bits per heavy atom. The molecule has 1 fully saturated rings. The first-order valence-electron chi connectivity index (χ1n) is 6.01. The van der Waals surface area contributed by atoms with Crippen molar-refractivity contribution in [2.24, 2.45) is 0 Å². The first kappa shape index (κ1) is 11.2. The van der Waals surface area contributed by atoms with E-state index >= 15 is 0 Å². The highest BCUT2D eigenvalue weighted by atomic mass is 16.4. The molecule has 0 radical (unpaired) electrons. The zero-order valence-corrected chi connectivity index (χ0v) is 9.43. The number of hydrogen-bond donors (Lipinski definition) is 1. The van der Waals surface area contributed by atoms with Crippen LogP contribution >= 0.6 is 0 Å². The summed E-state index contributed by atoms with van der Waals surface area (Å²) in [7, 11) is 0. The van der Waals surface area contributed by atoms with Crippen molar-refractivity contribution in [2.45, 2.75) is 51.0 Å². The Balaban J connectivity index is 1.63. The average Bonchev–Trinajstić information content (AvgIpc) is 2.99. The van der Waals surface area contributed by atoms with Crippen LogP contribution in [-0.4, -0.2) is 20.9 Å². The van der Waals surface area contributed by atoms with E-state index in [1.807, 2.05) is 10.9 Å². The van der Waals surface area contributed by atoms with E-state index in [1.165, 1.54) is 18.5 Å². The van der Waals surface area contributed by atoms with Crippen LogP contribution in [0.1, 0.15) is 50.1 Å². The Hall–Kier alpha value is -1.32. The highest BCUT2D eigenvalue weighted by molar-refractivity contribution is 5.66. The van der Waals surface area contributed by atoms with Gasteiger partial charge in [0.05, 0.1) is 5.69 Å². The molecule has 0 unspecified atom stereocenters. The van der Waals surface area contributed by atoms with Gasteiger partial charge in [-0.05, 0) is 31.7 Å². The summed E-state index contributed by atoms with van der Waals surface area (Å²) in [5.41, 5.74) is 1.23. The van der Waals surface area contributed by atoms with E-state index < -0.39 is 5.97 Å². The third-order valence-corrected chi connectivity index (χ3v) is 2.93. The number of carbonyl (C=O) groups is 1. The number of aliphatic carboxylic acids is 1. The molecular formula is C12H18N2O2. The molecular weight excluding hydrogens is 204 g/mol. The lowest BCUT2D eigenvalue weighted by Crippen LogP contribution is -2.00. The lowest BCUT2D eigenvalue weighted by molar-refractivity contribution is -0.137. The predicted octanol–water partition coefficient (Wildman–Crippen LogP) is 2.41. The lowest BCUT2D eigenvalue weighted by Gasteiger charge is -2.00. The Labute approximate surface area is 95.3 Å². The van der Waals surface area contributed by atoms with Crippen LogP contribution < -0.4 is 0 Å². The summed E-state index contributed by atoms with van der Waals surface area (Å²) < 4.78 is 1.98. The van der Waals surface area contributed by atoms with Crippen molar-refractivity contribution in [1.29, 1.82) is 0 Å². The summed E-state index contributed by atoms with van der Waals surface area (Å²) in [6.07, 6.45) is 7.64. The largest absolute Gasteiger partial charge is 0.481 e. The van der Waals surface area contributed by atoms with Crippen molar-refractivity contribution in [3.63, 3.8) is 0 Å². The maximum Gasteiger partial charge on any atom is 0.303 e. The van der Waals surface area contributed by atoms with E-state index in [9.17, 15) is 4.79 Å². The van der Waals surface area contributed by atoms with Crippen molar-refractivity contribution in [3.8, 4) is 0 Å². The fourth-order valence-electron chi connectivity index (χ4n) is 1.83. The maximum absolute atomic E-state index is 10.3. The highest BCUT2D eigenvalue weighted by Gasteiger charge is 2.25. The summed E-state index contributed by atoms with van der Waals surface area (Å²) in [5, 5.41) is 13.0. The summed E-state index contributed by atoms with van der Waals surface area (Å²) in [6, 6.07) is 2.11. The van der Waals surface area contributed by atoms with E-state index in [1.54, 1.807) is 0 Å². The van der Waals surface area contributed by atoms with Crippen LogP contribution in [0.25, 0.3) is 0 Å². The van der Waals surface area contributed by atoms with Gasteiger partial charge in [-0.15, -0.1) is 0 Å². The Bertz CT molecular complexity index is 356. The fraction of sp³-hybridized carbons (Fsp3) is 0.667. The van der Waals surface area contributed by atoms with Crippen LogP contribution in [-0.2, 0) is 11.3 Å². The minimum atomic E-state index is -0.699. The zero-order valence-electron chi connectivity index (χ0n) is 9.43. The summed E-state index contributed by atoms with van der Waals surface area (Å²) in [6.45, 7) is 0.909. The zero-order chi connectivity index (χ0) is 11.4. The van der Waals surface area contributed by atoms with E-state index in [2.05, 4.69) is 11.2 Å². The quantitative estimate of drug-likeness (QED) is 0.721. The van der Waals surface area contributed by atoms with Gasteiger partial charge in [0.2, 0.25) is 0 Å². The topological polar surface area (TPSA) is 55.1 Å². The van der Waals surface area contributed by atoms with Crippen molar-refractivity contribution < 1.29 is 9.90 Å². The molecule has 1 aliphatic rings. The van der Waals surface area contributed by atoms with Gasteiger partial charge in [0, 0.05) is 25.1 Å². The fourth-order valence-corrected chi connectivity index (χ4v) is 1.83. The standard InChI is InChI=1S/C12H18N2O2/c15-12(16)4-2-1-3-8-14-9-7-11(13-14)10-5-6-10/h7,9-10H,1-6,8H2,(H,15,16). The molecule has 1 saturated carbocycles. The van der Waals surface area contributed by atoms with Crippen molar-refractivity contribution >= 4 is 5.97 Å². The molecule has 16 heavy (non-hydrogen) atoms. The van der Waals surface area contributed by atoms with Crippen LogP contribution in [0, 0.1) is 0 Å². The summed E-state index contributed by atoms with van der Waals surface area (Å²) in [4.78, 5) is 10.3. The number of carboxylic acid groups (broad SMARTS) is 1. The van der Waals surface area contributed by atoms with Gasteiger partial charge in [0.15, 0.2) is 0 Å². The van der Waals surface area contributed by atoms with Gasteiger partial charge in [-0.3, -0.25) is 9.48 Å². The van der Waals surface area contributed by atoms with Gasteiger partial charge < -0.3 is 5.11 Å². The van der Waals surface area contributed by atoms with E-state index in [4.69, 9.17) is 5.11 Å². The van der Waals surface area contributed by atoms with Gasteiger partial charge >= 0.3 is 5.97 Å². The summed E-state index contributed by atoms with van der Waals surface area (Å²) >= 11 is 0. The van der Waals surface area contributed by atoms with Crippen molar-refractivity contribution in [3.05, 3.63) is 18.0 Å². The minimum Gasteiger partial charge on any atom is -0.481 e. The van der Waals surface area contributed by atoms with E-state index in [0.29, 0.717) is 5.92 Å².